The quantitative estimate of drug-likeness (QED) is 0.0593. The number of carbonyl (C=O) groups is 7. The summed E-state index contributed by atoms with van der Waals surface area (Å²) in [6.07, 6.45) is 20.1. The SMILES string of the molecule is C=C(C)C(=O)OC(C)(C)C1CCCCC1.C=C(C)C(=O)OC(C)OC1CC2CC1C1C3CCC(C3)C21.C=C(C)C(=O)OC12CC3CC(CC(O)(C3)C1)C2.C=C(C)C(=O)OC1C2CC3C(=O)OC1C3C2.C=C(C)C(=O)OC1C2CC3C1OC(=O)C3(C#N)C2. The van der Waals surface area contributed by atoms with E-state index in [1.807, 2.05) is 20.8 Å². The molecule has 0 spiro atoms. The van der Waals surface area contributed by atoms with Crippen molar-refractivity contribution < 1.29 is 76.6 Å². The molecule has 15 rings (SSSR count). The van der Waals surface area contributed by atoms with Crippen LogP contribution >= 0.6 is 0 Å². The summed E-state index contributed by atoms with van der Waals surface area (Å²) in [5.41, 5.74) is -0.192. The summed E-state index contributed by atoms with van der Waals surface area (Å²) in [4.78, 5) is 81.1. The van der Waals surface area contributed by atoms with Crippen LogP contribution in [0.4, 0.5) is 0 Å². The van der Waals surface area contributed by atoms with Crippen LogP contribution < -0.4 is 0 Å². The van der Waals surface area contributed by atoms with Crippen molar-refractivity contribution in [3.63, 3.8) is 0 Å². The molecule has 17 heteroatoms. The Kier molecular flexibility index (Phi) is 18.2. The molecule has 87 heavy (non-hydrogen) atoms. The third-order valence-corrected chi connectivity index (χ3v) is 23.0. The van der Waals surface area contributed by atoms with Crippen molar-refractivity contribution in [2.24, 2.45) is 88.3 Å². The first-order valence-corrected chi connectivity index (χ1v) is 32.5. The minimum atomic E-state index is -0.985. The lowest BCUT2D eigenvalue weighted by atomic mass is 9.52. The molecule has 2 heterocycles. The fourth-order valence-electron chi connectivity index (χ4n) is 19.7. The average Bonchev–Trinajstić information content (AvgIpc) is 1.81. The topological polar surface area (TPSA) is 237 Å². The molecule has 0 aromatic carbocycles. The van der Waals surface area contributed by atoms with Crippen LogP contribution in [0.3, 0.4) is 0 Å². The van der Waals surface area contributed by atoms with Gasteiger partial charge < -0.3 is 43.0 Å². The van der Waals surface area contributed by atoms with Crippen LogP contribution in [0.5, 0.6) is 0 Å². The van der Waals surface area contributed by atoms with E-state index < -0.39 is 47.1 Å². The molecule has 1 N–H and O–H groups in total. The summed E-state index contributed by atoms with van der Waals surface area (Å²) in [5, 5.41) is 19.7. The maximum atomic E-state index is 11.8. The fourth-order valence-corrected chi connectivity index (χ4v) is 19.7. The summed E-state index contributed by atoms with van der Waals surface area (Å²) in [6, 6.07) is 2.11. The number of hydrogen-bond donors (Lipinski definition) is 1. The van der Waals surface area contributed by atoms with Crippen molar-refractivity contribution in [3.05, 3.63) is 60.8 Å². The van der Waals surface area contributed by atoms with E-state index in [1.165, 1.54) is 70.6 Å². The standard InChI is InChI=1S/C18H26O3.C14H20O3.C13H13NO4.C13H22O2.C12H14O4/c1-9(2)18(19)21-10(3)20-15-8-13-7-14(15)17-12-5-4-11(6-12)16(13)17;1-9(2)12(15)17-14-6-10-3-11(7-14)5-13(16,4-10)8-14;1-6(2)11(15)17-9-7-3-8-10(9)18-12(16)13(8,4-7)5-14;1-10(2)12(14)15-13(3,4)11-8-6-5-7-9-11;1-5(2)11(13)15-9-6-3-7-8(4-6)12(14)16-10(7)9/h10-17H,1,4-8H2,2-3H3;10-11,16H,1,3-8H2,2H3;7-10H,1,3-4H2,2H3;11H,1,5-9H2,2-4H3;6-10H,1,3-4H2,2H3. The van der Waals surface area contributed by atoms with Crippen molar-refractivity contribution in [2.45, 2.75) is 237 Å². The molecule has 17 nitrogen and oxygen atoms in total. The van der Waals surface area contributed by atoms with E-state index in [-0.39, 0.29) is 71.3 Å². The maximum Gasteiger partial charge on any atom is 0.335 e. The zero-order valence-corrected chi connectivity index (χ0v) is 52.7. The molecule has 12 bridgehead atoms. The number of aliphatic hydroxyl groups is 1. The molecule has 2 aliphatic heterocycles. The summed E-state index contributed by atoms with van der Waals surface area (Å²) in [5.74, 6) is 5.38. The van der Waals surface area contributed by atoms with E-state index in [4.69, 9.17) is 37.9 Å². The number of carbonyl (C=O) groups excluding carboxylic acids is 7. The third kappa shape index (κ3) is 12.7. The van der Waals surface area contributed by atoms with Crippen LogP contribution in [0.2, 0.25) is 0 Å². The van der Waals surface area contributed by atoms with E-state index in [0.717, 1.165) is 80.5 Å². The van der Waals surface area contributed by atoms with Gasteiger partial charge >= 0.3 is 41.8 Å². The molecule has 0 amide bonds. The molecule has 13 aliphatic carbocycles. The zero-order valence-electron chi connectivity index (χ0n) is 52.7. The molecule has 13 saturated carbocycles. The fraction of sp³-hybridized carbons (Fsp3) is 0.743. The molecule has 0 aromatic rings. The summed E-state index contributed by atoms with van der Waals surface area (Å²) in [6.45, 7) is 32.1. The normalized spacial score (nSPS) is 40.8. The van der Waals surface area contributed by atoms with Crippen LogP contribution in [0.15, 0.2) is 60.8 Å². The second-order valence-corrected chi connectivity index (χ2v) is 29.9. The van der Waals surface area contributed by atoms with Gasteiger partial charge in [-0.05, 0) is 211 Å². The molecule has 15 fully saturated rings. The number of hydrogen-bond acceptors (Lipinski definition) is 17. The Labute approximate surface area is 514 Å². The van der Waals surface area contributed by atoms with Crippen LogP contribution in [0.25, 0.3) is 0 Å². The first-order chi connectivity index (χ1) is 40.9. The van der Waals surface area contributed by atoms with Crippen LogP contribution in [-0.4, -0.2) is 101 Å². The van der Waals surface area contributed by atoms with Gasteiger partial charge in [0.15, 0.2) is 5.41 Å². The number of fused-ring (bicyclic) bond motifs is 11. The molecular formula is C70H95NO16. The van der Waals surface area contributed by atoms with Gasteiger partial charge in [0.1, 0.15) is 35.6 Å². The predicted octanol–water partition coefficient (Wildman–Crippen LogP) is 11.2. The summed E-state index contributed by atoms with van der Waals surface area (Å²) < 4.78 is 43.8. The summed E-state index contributed by atoms with van der Waals surface area (Å²) >= 11 is 0. The molecular weight excluding hydrogens is 1110 g/mol. The highest BCUT2D eigenvalue weighted by molar-refractivity contribution is 5.89. The van der Waals surface area contributed by atoms with Crippen molar-refractivity contribution in [1.29, 1.82) is 5.26 Å². The van der Waals surface area contributed by atoms with E-state index >= 15 is 0 Å². The Balaban J connectivity index is 0.000000121. The van der Waals surface area contributed by atoms with Crippen molar-refractivity contribution in [3.8, 4) is 6.07 Å². The van der Waals surface area contributed by atoms with Gasteiger partial charge in [0.2, 0.25) is 6.29 Å². The van der Waals surface area contributed by atoms with Gasteiger partial charge in [0.25, 0.3) is 0 Å². The highest BCUT2D eigenvalue weighted by Gasteiger charge is 2.72. The first-order valence-electron chi connectivity index (χ1n) is 32.5. The van der Waals surface area contributed by atoms with Crippen molar-refractivity contribution >= 4 is 41.8 Å². The van der Waals surface area contributed by atoms with Gasteiger partial charge in [-0.25, -0.2) is 24.0 Å². The Hall–Kier alpha value is -5.60. The monoisotopic (exact) mass is 1210 g/mol. The molecule has 20 unspecified atom stereocenters. The Morgan fingerprint density at radius 3 is 1.77 bits per heavy atom. The van der Waals surface area contributed by atoms with Crippen LogP contribution in [-0.2, 0) is 71.5 Å². The van der Waals surface area contributed by atoms with Gasteiger partial charge in [-0.15, -0.1) is 0 Å². The highest BCUT2D eigenvalue weighted by Crippen LogP contribution is 2.68. The largest absolute Gasteiger partial charge is 0.458 e. The van der Waals surface area contributed by atoms with E-state index in [1.54, 1.807) is 34.6 Å². The number of nitriles is 1. The molecule has 20 atom stereocenters. The van der Waals surface area contributed by atoms with Gasteiger partial charge in [0, 0.05) is 58.0 Å². The van der Waals surface area contributed by atoms with Crippen molar-refractivity contribution in [1.82, 2.24) is 0 Å². The van der Waals surface area contributed by atoms with Crippen LogP contribution in [0, 0.1) is 99.6 Å². The van der Waals surface area contributed by atoms with Gasteiger partial charge in [-0.2, -0.15) is 5.26 Å². The average molecular weight is 1210 g/mol. The van der Waals surface area contributed by atoms with Gasteiger partial charge in [-0.1, -0.05) is 52.2 Å². The smallest absolute Gasteiger partial charge is 0.335 e. The minimum absolute atomic E-state index is 0.0504. The first kappa shape index (κ1) is 64.4. The van der Waals surface area contributed by atoms with E-state index in [0.29, 0.717) is 70.5 Å². The Morgan fingerprint density at radius 2 is 1.20 bits per heavy atom. The lowest BCUT2D eigenvalue weighted by Gasteiger charge is -2.59. The lowest BCUT2D eigenvalue weighted by Crippen LogP contribution is -2.60. The second-order valence-electron chi connectivity index (χ2n) is 29.9. The Bertz CT molecular complexity index is 2860. The number of ether oxygens (including phenoxy) is 8. The van der Waals surface area contributed by atoms with E-state index in [2.05, 4.69) is 39.0 Å². The maximum absolute atomic E-state index is 11.8. The number of nitrogens with zero attached hydrogens (tertiary/aromatic N) is 1. The van der Waals surface area contributed by atoms with Gasteiger partial charge in [0.05, 0.1) is 23.7 Å². The number of rotatable bonds is 13. The van der Waals surface area contributed by atoms with Crippen molar-refractivity contribution in [2.75, 3.05) is 0 Å². The molecule has 15 aliphatic rings. The Morgan fingerprint density at radius 1 is 0.621 bits per heavy atom. The number of esters is 7. The van der Waals surface area contributed by atoms with Crippen LogP contribution in [0.1, 0.15) is 184 Å². The molecule has 0 aromatic heterocycles. The summed E-state index contributed by atoms with van der Waals surface area (Å²) in [7, 11) is 0. The third-order valence-electron chi connectivity index (χ3n) is 23.0. The lowest BCUT2D eigenvalue weighted by molar-refractivity contribution is -0.217. The van der Waals surface area contributed by atoms with Gasteiger partial charge in [-0.3, -0.25) is 9.59 Å². The predicted molar refractivity (Wildman–Crippen MR) is 317 cm³/mol. The highest BCUT2D eigenvalue weighted by atomic mass is 16.7. The minimum Gasteiger partial charge on any atom is -0.458 e. The zero-order chi connectivity index (χ0) is 63.0. The second kappa shape index (κ2) is 24.6. The molecule has 2 saturated heterocycles. The van der Waals surface area contributed by atoms with E-state index in [9.17, 15) is 43.9 Å². The molecule has 0 radical (unpaired) electrons. The molecule has 476 valence electrons.